The summed E-state index contributed by atoms with van der Waals surface area (Å²) in [5.41, 5.74) is 1.19. The van der Waals surface area contributed by atoms with E-state index < -0.39 is 10.2 Å². The highest BCUT2D eigenvalue weighted by atomic mass is 32.2. The van der Waals surface area contributed by atoms with E-state index in [2.05, 4.69) is 9.71 Å². The molecule has 6 nitrogen and oxygen atoms in total. The molecule has 4 N–H and O–H groups in total. The number of hydrogen-bond acceptors (Lipinski definition) is 6. The number of para-hydroxylation sites is 1. The SMILES string of the molecule is NS(=O)(=O)Nc1cc(Sc2nc3ccccc3s2)c(O)c2ccccc12. The van der Waals surface area contributed by atoms with E-state index in [-0.39, 0.29) is 5.75 Å². The molecule has 0 radical (unpaired) electrons. The highest BCUT2D eigenvalue weighted by molar-refractivity contribution is 8.01. The van der Waals surface area contributed by atoms with Gasteiger partial charge in [0.25, 0.3) is 10.2 Å². The molecule has 1 aromatic heterocycles. The van der Waals surface area contributed by atoms with Gasteiger partial charge in [-0.25, -0.2) is 10.1 Å². The average Bonchev–Trinajstić information content (AvgIpc) is 3.00. The maximum Gasteiger partial charge on any atom is 0.296 e. The number of benzene rings is 3. The first-order chi connectivity index (χ1) is 12.4. The molecule has 9 heteroatoms. The van der Waals surface area contributed by atoms with E-state index in [1.54, 1.807) is 30.3 Å². The predicted octanol–water partition coefficient (Wildman–Crippen LogP) is 3.92. The molecule has 1 heterocycles. The van der Waals surface area contributed by atoms with Crippen molar-refractivity contribution >= 4 is 60.0 Å². The van der Waals surface area contributed by atoms with Crippen LogP contribution in [0, 0.1) is 0 Å². The molecule has 0 aliphatic rings. The summed E-state index contributed by atoms with van der Waals surface area (Å²) in [5, 5.41) is 16.9. The largest absolute Gasteiger partial charge is 0.506 e. The number of fused-ring (bicyclic) bond motifs is 2. The van der Waals surface area contributed by atoms with Crippen molar-refractivity contribution in [2.75, 3.05) is 4.72 Å². The molecule has 0 saturated carbocycles. The van der Waals surface area contributed by atoms with Gasteiger partial charge >= 0.3 is 0 Å². The number of aromatic nitrogens is 1. The molecule has 0 fully saturated rings. The highest BCUT2D eigenvalue weighted by Crippen LogP contribution is 2.44. The maximum atomic E-state index is 11.5. The molecule has 0 amide bonds. The first-order valence-electron chi connectivity index (χ1n) is 7.49. The molecular formula is C17H13N3O3S3. The molecule has 0 aliphatic carbocycles. The molecule has 0 saturated heterocycles. The fourth-order valence-electron chi connectivity index (χ4n) is 2.64. The van der Waals surface area contributed by atoms with Crippen LogP contribution in [0.5, 0.6) is 5.75 Å². The van der Waals surface area contributed by atoms with Crippen molar-refractivity contribution in [1.29, 1.82) is 0 Å². The Morgan fingerprint density at radius 1 is 1.08 bits per heavy atom. The van der Waals surface area contributed by atoms with Crippen LogP contribution in [0.2, 0.25) is 0 Å². The standard InChI is InChI=1S/C17H13N3O3S3/c18-26(22,23)20-13-9-15(16(21)11-6-2-1-5-10(11)13)25-17-19-12-7-3-4-8-14(12)24-17/h1-9,20-21H,(H2,18,22,23). The lowest BCUT2D eigenvalue weighted by atomic mass is 10.1. The van der Waals surface area contributed by atoms with Gasteiger partial charge in [0.2, 0.25) is 0 Å². The number of hydrogen-bond donors (Lipinski definition) is 3. The Morgan fingerprint density at radius 3 is 2.50 bits per heavy atom. The van der Waals surface area contributed by atoms with Gasteiger partial charge in [-0.1, -0.05) is 48.2 Å². The molecular weight excluding hydrogens is 390 g/mol. The quantitative estimate of drug-likeness (QED) is 0.448. The third kappa shape index (κ3) is 3.34. The highest BCUT2D eigenvalue weighted by Gasteiger charge is 2.16. The van der Waals surface area contributed by atoms with Crippen LogP contribution in [0.4, 0.5) is 5.69 Å². The minimum absolute atomic E-state index is 0.0739. The number of aromatic hydroxyl groups is 1. The maximum absolute atomic E-state index is 11.5. The van der Waals surface area contributed by atoms with Gasteiger partial charge in [-0.2, -0.15) is 8.42 Å². The molecule has 0 aliphatic heterocycles. The third-order valence-corrected chi connectivity index (χ3v) is 6.34. The summed E-state index contributed by atoms with van der Waals surface area (Å²) in [4.78, 5) is 5.03. The van der Waals surface area contributed by atoms with Crippen molar-refractivity contribution in [2.24, 2.45) is 5.14 Å². The summed E-state index contributed by atoms with van der Waals surface area (Å²) in [5.74, 6) is 0.0739. The van der Waals surface area contributed by atoms with Gasteiger partial charge in [0.15, 0.2) is 4.34 Å². The van der Waals surface area contributed by atoms with Gasteiger partial charge in [-0.15, -0.1) is 11.3 Å². The van der Waals surface area contributed by atoms with Gasteiger partial charge in [0, 0.05) is 10.8 Å². The molecule has 132 valence electrons. The molecule has 3 aromatic carbocycles. The van der Waals surface area contributed by atoms with E-state index >= 15 is 0 Å². The van der Waals surface area contributed by atoms with Crippen LogP contribution in [0.15, 0.2) is 63.8 Å². The predicted molar refractivity (Wildman–Crippen MR) is 106 cm³/mol. The van der Waals surface area contributed by atoms with Gasteiger partial charge < -0.3 is 5.11 Å². The van der Waals surface area contributed by atoms with Crippen molar-refractivity contribution in [3.8, 4) is 5.75 Å². The molecule has 26 heavy (non-hydrogen) atoms. The number of phenolic OH excluding ortho intramolecular Hbond substituents is 1. The second kappa shape index (κ2) is 6.44. The Kier molecular flexibility index (Phi) is 4.23. The third-order valence-electron chi connectivity index (χ3n) is 3.70. The van der Waals surface area contributed by atoms with E-state index in [1.807, 2.05) is 24.3 Å². The molecule has 0 spiro atoms. The number of nitrogens with zero attached hydrogens (tertiary/aromatic N) is 1. The van der Waals surface area contributed by atoms with E-state index in [0.29, 0.717) is 21.4 Å². The van der Waals surface area contributed by atoms with Crippen LogP contribution in [0.25, 0.3) is 21.0 Å². The van der Waals surface area contributed by atoms with Crippen LogP contribution >= 0.6 is 23.1 Å². The number of nitrogens with two attached hydrogens (primary N) is 1. The first kappa shape index (κ1) is 17.1. The van der Waals surface area contributed by atoms with Crippen molar-refractivity contribution in [1.82, 2.24) is 4.98 Å². The topological polar surface area (TPSA) is 105 Å². The number of anilines is 1. The summed E-state index contributed by atoms with van der Waals surface area (Å²) >= 11 is 2.78. The molecule has 0 unspecified atom stereocenters. The smallest absolute Gasteiger partial charge is 0.296 e. The average molecular weight is 404 g/mol. The monoisotopic (exact) mass is 403 g/mol. The van der Waals surface area contributed by atoms with Gasteiger partial charge in [-0.05, 0) is 18.2 Å². The summed E-state index contributed by atoms with van der Waals surface area (Å²) in [6.45, 7) is 0. The van der Waals surface area contributed by atoms with Crippen molar-refractivity contribution < 1.29 is 13.5 Å². The lowest BCUT2D eigenvalue weighted by Gasteiger charge is -2.12. The fourth-order valence-corrected chi connectivity index (χ4v) is 5.23. The normalized spacial score (nSPS) is 11.9. The van der Waals surface area contributed by atoms with Crippen molar-refractivity contribution in [3.63, 3.8) is 0 Å². The lowest BCUT2D eigenvalue weighted by molar-refractivity contribution is 0.469. The zero-order chi connectivity index (χ0) is 18.3. The van der Waals surface area contributed by atoms with Crippen LogP contribution in [-0.4, -0.2) is 18.5 Å². The zero-order valence-electron chi connectivity index (χ0n) is 13.2. The van der Waals surface area contributed by atoms with E-state index in [1.165, 1.54) is 23.1 Å². The lowest BCUT2D eigenvalue weighted by Crippen LogP contribution is -2.21. The van der Waals surface area contributed by atoms with E-state index in [0.717, 1.165) is 14.6 Å². The van der Waals surface area contributed by atoms with Crippen LogP contribution in [-0.2, 0) is 10.2 Å². The number of nitrogens with one attached hydrogen (secondary N) is 1. The summed E-state index contributed by atoms with van der Waals surface area (Å²) in [6.07, 6.45) is 0. The number of thiazole rings is 1. The molecule has 0 atom stereocenters. The summed E-state index contributed by atoms with van der Waals surface area (Å²) in [7, 11) is -3.95. The van der Waals surface area contributed by atoms with Crippen LogP contribution in [0.3, 0.4) is 0 Å². The van der Waals surface area contributed by atoms with Crippen LogP contribution < -0.4 is 9.86 Å². The second-order valence-electron chi connectivity index (χ2n) is 5.51. The Balaban J connectivity index is 1.84. The van der Waals surface area contributed by atoms with Gasteiger partial charge in [0.05, 0.1) is 20.8 Å². The van der Waals surface area contributed by atoms with Crippen molar-refractivity contribution in [2.45, 2.75) is 9.24 Å². The van der Waals surface area contributed by atoms with Gasteiger partial charge in [-0.3, -0.25) is 4.72 Å². The Labute approximate surface area is 157 Å². The summed E-state index contributed by atoms with van der Waals surface area (Å²) < 4.78 is 27.1. The minimum atomic E-state index is -3.95. The van der Waals surface area contributed by atoms with Crippen molar-refractivity contribution in [3.05, 3.63) is 54.6 Å². The van der Waals surface area contributed by atoms with E-state index in [9.17, 15) is 13.5 Å². The fraction of sp³-hybridized carbons (Fsp3) is 0. The Morgan fingerprint density at radius 2 is 1.77 bits per heavy atom. The minimum Gasteiger partial charge on any atom is -0.506 e. The molecule has 0 bridgehead atoms. The number of rotatable bonds is 4. The Hall–Kier alpha value is -2.33. The van der Waals surface area contributed by atoms with E-state index in [4.69, 9.17) is 5.14 Å². The molecule has 4 aromatic rings. The second-order valence-corrected chi connectivity index (χ2v) is 9.13. The summed E-state index contributed by atoms with van der Waals surface area (Å²) in [6, 6.07) is 16.3. The molecule has 4 rings (SSSR count). The van der Waals surface area contributed by atoms with Gasteiger partial charge in [0.1, 0.15) is 5.75 Å². The Bertz CT molecular complexity index is 1200. The first-order valence-corrected chi connectivity index (χ1v) is 10.7. The number of phenols is 1. The van der Waals surface area contributed by atoms with Crippen LogP contribution in [0.1, 0.15) is 0 Å². The zero-order valence-corrected chi connectivity index (χ0v) is 15.7.